The van der Waals surface area contributed by atoms with Crippen LogP contribution < -0.4 is 16.0 Å². The lowest BCUT2D eigenvalue weighted by atomic mass is 10.3. The Morgan fingerprint density at radius 1 is 1.42 bits per heavy atom. The number of nitro benzene ring substituents is 1. The van der Waals surface area contributed by atoms with Crippen molar-refractivity contribution in [2.75, 3.05) is 6.54 Å². The van der Waals surface area contributed by atoms with Crippen molar-refractivity contribution in [2.24, 2.45) is 4.99 Å². The SMILES string of the molecule is O=C1NC(=Nc2ccccc2[N+](=O)[O-])S/C1=C\N1C=c2cnoc2=CC1. The van der Waals surface area contributed by atoms with E-state index in [1.165, 1.54) is 12.1 Å². The van der Waals surface area contributed by atoms with Gasteiger partial charge in [-0.2, -0.15) is 0 Å². The van der Waals surface area contributed by atoms with E-state index in [1.807, 2.05) is 17.2 Å². The molecule has 0 unspecified atom stereocenters. The highest BCUT2D eigenvalue weighted by atomic mass is 32.2. The zero-order valence-corrected chi connectivity index (χ0v) is 14.0. The minimum absolute atomic E-state index is 0.119. The third-order valence-electron chi connectivity index (χ3n) is 3.65. The van der Waals surface area contributed by atoms with Gasteiger partial charge in [0, 0.05) is 25.0 Å². The third kappa shape index (κ3) is 3.09. The predicted molar refractivity (Wildman–Crippen MR) is 95.4 cm³/mol. The summed E-state index contributed by atoms with van der Waals surface area (Å²) in [7, 11) is 0. The summed E-state index contributed by atoms with van der Waals surface area (Å²) in [6.45, 7) is 0.538. The van der Waals surface area contributed by atoms with Crippen molar-refractivity contribution >= 4 is 46.5 Å². The molecule has 26 heavy (non-hydrogen) atoms. The number of fused-ring (bicyclic) bond motifs is 1. The number of aromatic nitrogens is 1. The molecule has 1 fully saturated rings. The molecule has 0 radical (unpaired) electrons. The molecule has 4 rings (SSSR count). The Balaban J connectivity index is 1.59. The van der Waals surface area contributed by atoms with E-state index in [9.17, 15) is 14.9 Å². The number of carbonyl (C=O) groups excluding carboxylic acids is 1. The molecule has 0 aliphatic carbocycles. The third-order valence-corrected chi connectivity index (χ3v) is 4.55. The number of amidine groups is 1. The van der Waals surface area contributed by atoms with Crippen molar-refractivity contribution in [3.8, 4) is 0 Å². The maximum absolute atomic E-state index is 12.2. The van der Waals surface area contributed by atoms with Gasteiger partial charge in [-0.15, -0.1) is 0 Å². The second-order valence-corrected chi connectivity index (χ2v) is 6.42. The normalized spacial score (nSPS) is 19.1. The lowest BCUT2D eigenvalue weighted by molar-refractivity contribution is -0.384. The lowest BCUT2D eigenvalue weighted by Gasteiger charge is -2.14. The number of hydrogen-bond donors (Lipinski definition) is 1. The maximum Gasteiger partial charge on any atom is 0.294 e. The van der Waals surface area contributed by atoms with Crippen LogP contribution >= 0.6 is 11.8 Å². The quantitative estimate of drug-likeness (QED) is 0.484. The van der Waals surface area contributed by atoms with Crippen LogP contribution in [0.5, 0.6) is 0 Å². The van der Waals surface area contributed by atoms with Crippen molar-refractivity contribution in [3.05, 3.63) is 62.3 Å². The molecule has 2 aromatic rings. The molecule has 10 heteroatoms. The van der Waals surface area contributed by atoms with Gasteiger partial charge in [-0.25, -0.2) is 4.99 Å². The van der Waals surface area contributed by atoms with Crippen LogP contribution in [-0.4, -0.2) is 32.6 Å². The fraction of sp³-hybridized carbons (Fsp3) is 0.0625. The Morgan fingerprint density at radius 2 is 2.27 bits per heavy atom. The summed E-state index contributed by atoms with van der Waals surface area (Å²) in [5.41, 5.74) is 0.765. The van der Waals surface area contributed by atoms with Crippen molar-refractivity contribution in [3.63, 3.8) is 0 Å². The summed E-state index contributed by atoms with van der Waals surface area (Å²) < 4.78 is 5.07. The Morgan fingerprint density at radius 3 is 3.12 bits per heavy atom. The minimum Gasteiger partial charge on any atom is -0.357 e. The number of rotatable bonds is 3. The number of thioether (sulfide) groups is 1. The summed E-state index contributed by atoms with van der Waals surface area (Å²) in [6, 6.07) is 6.11. The second kappa shape index (κ2) is 6.48. The summed E-state index contributed by atoms with van der Waals surface area (Å²) >= 11 is 1.12. The van der Waals surface area contributed by atoms with Crippen molar-refractivity contribution in [2.45, 2.75) is 0 Å². The van der Waals surface area contributed by atoms with Gasteiger partial charge in [0.25, 0.3) is 11.6 Å². The Labute approximate surface area is 150 Å². The van der Waals surface area contributed by atoms with Gasteiger partial charge < -0.3 is 14.7 Å². The molecule has 1 N–H and O–H groups in total. The maximum atomic E-state index is 12.2. The molecule has 9 nitrogen and oxygen atoms in total. The van der Waals surface area contributed by atoms with Crippen LogP contribution in [0.1, 0.15) is 0 Å². The van der Waals surface area contributed by atoms with Gasteiger partial charge in [-0.3, -0.25) is 14.9 Å². The summed E-state index contributed by atoms with van der Waals surface area (Å²) in [5.74, 6) is -0.308. The number of amides is 1. The van der Waals surface area contributed by atoms with E-state index in [0.717, 1.165) is 17.0 Å². The topological polar surface area (TPSA) is 114 Å². The fourth-order valence-corrected chi connectivity index (χ4v) is 3.29. The zero-order chi connectivity index (χ0) is 18.1. The first-order valence-corrected chi connectivity index (χ1v) is 8.33. The highest BCUT2D eigenvalue weighted by Gasteiger charge is 2.25. The number of carbonyl (C=O) groups is 1. The van der Waals surface area contributed by atoms with Gasteiger partial charge in [0.1, 0.15) is 5.69 Å². The summed E-state index contributed by atoms with van der Waals surface area (Å²) in [6.07, 6.45) is 6.97. The van der Waals surface area contributed by atoms with Crippen LogP contribution in [-0.2, 0) is 4.79 Å². The molecular formula is C16H11N5O4S. The lowest BCUT2D eigenvalue weighted by Crippen LogP contribution is -2.30. The summed E-state index contributed by atoms with van der Waals surface area (Å²) in [5, 5.41) is 18.5. The second-order valence-electron chi connectivity index (χ2n) is 5.39. The number of nitro groups is 1. The van der Waals surface area contributed by atoms with Gasteiger partial charge >= 0.3 is 0 Å². The largest absolute Gasteiger partial charge is 0.357 e. The van der Waals surface area contributed by atoms with E-state index in [1.54, 1.807) is 24.5 Å². The first-order chi connectivity index (χ1) is 12.6. The van der Waals surface area contributed by atoms with Crippen molar-refractivity contribution in [1.82, 2.24) is 15.4 Å². The van der Waals surface area contributed by atoms with E-state index in [-0.39, 0.29) is 17.3 Å². The number of benzene rings is 1. The van der Waals surface area contributed by atoms with E-state index >= 15 is 0 Å². The van der Waals surface area contributed by atoms with Gasteiger partial charge in [0.15, 0.2) is 10.6 Å². The van der Waals surface area contributed by atoms with Crippen LogP contribution in [0.4, 0.5) is 11.4 Å². The molecule has 0 bridgehead atoms. The average Bonchev–Trinajstić information content (AvgIpc) is 3.21. The molecule has 1 saturated heterocycles. The average molecular weight is 369 g/mol. The minimum atomic E-state index is -0.507. The number of hydrogen-bond acceptors (Lipinski definition) is 8. The molecule has 0 spiro atoms. The molecule has 2 aliphatic heterocycles. The van der Waals surface area contributed by atoms with Gasteiger partial charge in [0.05, 0.1) is 21.2 Å². The van der Waals surface area contributed by atoms with Crippen LogP contribution in [0.2, 0.25) is 0 Å². The molecule has 2 aliphatic rings. The van der Waals surface area contributed by atoms with Gasteiger partial charge in [0.2, 0.25) is 0 Å². The standard InChI is InChI=1S/C16H11N5O4S/c22-15-14(9-20-6-5-13-10(8-20)7-17-25-13)26-16(19-15)18-11-3-1-2-4-12(11)21(23)24/h1-5,7-9H,6H2,(H,18,19,22)/b14-9-. The van der Waals surface area contributed by atoms with Crippen molar-refractivity contribution in [1.29, 1.82) is 0 Å². The van der Waals surface area contributed by atoms with Gasteiger partial charge in [-0.1, -0.05) is 17.3 Å². The van der Waals surface area contributed by atoms with Gasteiger partial charge in [-0.05, 0) is 23.9 Å². The van der Waals surface area contributed by atoms with Crippen LogP contribution in [0, 0.1) is 10.1 Å². The number of aliphatic imine (C=N–C) groups is 1. The molecule has 1 amide bonds. The molecule has 1 aromatic carbocycles. The van der Waals surface area contributed by atoms with Crippen molar-refractivity contribution < 1.29 is 14.2 Å². The smallest absolute Gasteiger partial charge is 0.294 e. The highest BCUT2D eigenvalue weighted by molar-refractivity contribution is 8.18. The Hall–Kier alpha value is -3.40. The first-order valence-electron chi connectivity index (χ1n) is 7.52. The van der Waals surface area contributed by atoms with E-state index in [0.29, 0.717) is 22.0 Å². The molecular weight excluding hydrogens is 358 g/mol. The number of nitrogens with zero attached hydrogens (tertiary/aromatic N) is 4. The first kappa shape index (κ1) is 16.1. The van der Waals surface area contributed by atoms with E-state index < -0.39 is 4.92 Å². The van der Waals surface area contributed by atoms with E-state index in [4.69, 9.17) is 4.52 Å². The molecule has 0 atom stereocenters. The molecule has 1 aromatic heterocycles. The monoisotopic (exact) mass is 369 g/mol. The zero-order valence-electron chi connectivity index (χ0n) is 13.2. The van der Waals surface area contributed by atoms with Crippen LogP contribution in [0.3, 0.4) is 0 Å². The van der Waals surface area contributed by atoms with Crippen LogP contribution in [0.15, 0.2) is 51.1 Å². The Bertz CT molecular complexity index is 1090. The number of nitrogens with one attached hydrogen (secondary N) is 1. The fourth-order valence-electron chi connectivity index (χ4n) is 2.46. The molecule has 3 heterocycles. The molecule has 0 saturated carbocycles. The number of para-hydroxylation sites is 2. The molecule has 130 valence electrons. The highest BCUT2D eigenvalue weighted by Crippen LogP contribution is 2.31. The van der Waals surface area contributed by atoms with E-state index in [2.05, 4.69) is 15.5 Å². The Kier molecular flexibility index (Phi) is 4.01. The predicted octanol–water partition coefficient (Wildman–Crippen LogP) is 0.809. The van der Waals surface area contributed by atoms with Crippen LogP contribution in [0.25, 0.3) is 12.3 Å². The summed E-state index contributed by atoms with van der Waals surface area (Å²) in [4.78, 5) is 29.2.